The highest BCUT2D eigenvalue weighted by Gasteiger charge is 2.44. The van der Waals surface area contributed by atoms with Gasteiger partial charge in [0.25, 0.3) is 0 Å². The molecule has 1 heterocycles. The number of halogens is 1. The van der Waals surface area contributed by atoms with E-state index in [4.69, 9.17) is 9.47 Å². The van der Waals surface area contributed by atoms with Crippen LogP contribution in [-0.4, -0.2) is 50.2 Å². The van der Waals surface area contributed by atoms with Crippen LogP contribution in [0.2, 0.25) is 0 Å². The molecule has 132 valence electrons. The van der Waals surface area contributed by atoms with Gasteiger partial charge in [-0.1, -0.05) is 12.1 Å². The van der Waals surface area contributed by atoms with Crippen LogP contribution in [0.4, 0.5) is 4.39 Å². The molecule has 0 N–H and O–H groups in total. The highest BCUT2D eigenvalue weighted by atomic mass is 19.1. The van der Waals surface area contributed by atoms with E-state index >= 15 is 0 Å². The maximum Gasteiger partial charge on any atom is 0.314 e. The summed E-state index contributed by atoms with van der Waals surface area (Å²) >= 11 is 0. The first kappa shape index (κ1) is 18.4. The Morgan fingerprint density at radius 2 is 2.00 bits per heavy atom. The van der Waals surface area contributed by atoms with Gasteiger partial charge in [-0.2, -0.15) is 0 Å². The molecule has 0 radical (unpaired) electrons. The molecule has 0 bridgehead atoms. The SMILES string of the molecule is CCOC(=O)[C@@]1(Cc2ccc(F)cc2)CCCN(C(=O)COC)C1. The first-order valence-corrected chi connectivity index (χ1v) is 8.19. The van der Waals surface area contributed by atoms with Gasteiger partial charge >= 0.3 is 5.97 Å². The number of esters is 1. The lowest BCUT2D eigenvalue weighted by Crippen LogP contribution is -2.52. The highest BCUT2D eigenvalue weighted by molar-refractivity contribution is 5.81. The minimum atomic E-state index is -0.796. The molecule has 0 saturated carbocycles. The highest BCUT2D eigenvalue weighted by Crippen LogP contribution is 2.35. The lowest BCUT2D eigenvalue weighted by atomic mass is 9.75. The van der Waals surface area contributed by atoms with E-state index in [-0.39, 0.29) is 30.9 Å². The summed E-state index contributed by atoms with van der Waals surface area (Å²) in [4.78, 5) is 26.5. The second kappa shape index (κ2) is 8.24. The monoisotopic (exact) mass is 337 g/mol. The van der Waals surface area contributed by atoms with Gasteiger partial charge in [-0.05, 0) is 43.9 Å². The average Bonchev–Trinajstić information content (AvgIpc) is 2.57. The summed E-state index contributed by atoms with van der Waals surface area (Å²) in [7, 11) is 1.47. The molecule has 1 saturated heterocycles. The van der Waals surface area contributed by atoms with E-state index in [2.05, 4.69) is 0 Å². The first-order chi connectivity index (χ1) is 11.5. The summed E-state index contributed by atoms with van der Waals surface area (Å²) in [5.41, 5.74) is 0.0562. The van der Waals surface area contributed by atoms with Crippen molar-refractivity contribution in [2.75, 3.05) is 33.4 Å². The Morgan fingerprint density at radius 3 is 2.62 bits per heavy atom. The number of rotatable bonds is 6. The normalized spacial score (nSPS) is 20.7. The summed E-state index contributed by atoms with van der Waals surface area (Å²) in [5.74, 6) is -0.751. The van der Waals surface area contributed by atoms with Crippen molar-refractivity contribution in [1.29, 1.82) is 0 Å². The van der Waals surface area contributed by atoms with Crippen LogP contribution in [0.5, 0.6) is 0 Å². The molecular formula is C18H24FNO4. The molecule has 1 amide bonds. The molecule has 24 heavy (non-hydrogen) atoms. The maximum absolute atomic E-state index is 13.1. The number of benzene rings is 1. The topological polar surface area (TPSA) is 55.8 Å². The van der Waals surface area contributed by atoms with E-state index in [1.54, 1.807) is 24.0 Å². The Morgan fingerprint density at radius 1 is 1.29 bits per heavy atom. The molecule has 0 aliphatic carbocycles. The fourth-order valence-electron chi connectivity index (χ4n) is 3.22. The Bertz CT molecular complexity index is 575. The van der Waals surface area contributed by atoms with E-state index in [1.165, 1.54) is 19.2 Å². The van der Waals surface area contributed by atoms with Crippen LogP contribution in [-0.2, 0) is 25.5 Å². The fourth-order valence-corrected chi connectivity index (χ4v) is 3.22. The van der Waals surface area contributed by atoms with Crippen molar-refractivity contribution in [2.24, 2.45) is 5.41 Å². The van der Waals surface area contributed by atoms with Crippen LogP contribution in [0.1, 0.15) is 25.3 Å². The Balaban J connectivity index is 2.24. The predicted octanol–water partition coefficient (Wildman–Crippen LogP) is 2.19. The van der Waals surface area contributed by atoms with Crippen molar-refractivity contribution in [2.45, 2.75) is 26.2 Å². The number of methoxy groups -OCH3 is 1. The molecule has 1 atom stereocenters. The number of hydrogen-bond acceptors (Lipinski definition) is 4. The van der Waals surface area contributed by atoms with Crippen LogP contribution in [0.25, 0.3) is 0 Å². The molecule has 0 aromatic heterocycles. The third-order valence-corrected chi connectivity index (χ3v) is 4.36. The largest absolute Gasteiger partial charge is 0.466 e. The van der Waals surface area contributed by atoms with Gasteiger partial charge in [0.15, 0.2) is 0 Å². The first-order valence-electron chi connectivity index (χ1n) is 8.19. The molecule has 1 aliphatic rings. The number of carbonyl (C=O) groups is 2. The summed E-state index contributed by atoms with van der Waals surface area (Å²) in [6, 6.07) is 6.11. The fraction of sp³-hybridized carbons (Fsp3) is 0.556. The van der Waals surface area contributed by atoms with Gasteiger partial charge in [-0.3, -0.25) is 9.59 Å². The average molecular weight is 337 g/mol. The third kappa shape index (κ3) is 4.32. The number of nitrogens with zero attached hydrogens (tertiary/aromatic N) is 1. The summed E-state index contributed by atoms with van der Waals surface area (Å²) in [6.07, 6.45) is 1.78. The van der Waals surface area contributed by atoms with Gasteiger partial charge in [-0.15, -0.1) is 0 Å². The van der Waals surface area contributed by atoms with E-state index < -0.39 is 5.41 Å². The Labute approximate surface area is 141 Å². The van der Waals surface area contributed by atoms with Gasteiger partial charge in [0.2, 0.25) is 5.91 Å². The number of hydrogen-bond donors (Lipinski definition) is 0. The summed E-state index contributed by atoms with van der Waals surface area (Å²) < 4.78 is 23.3. The second-order valence-electron chi connectivity index (χ2n) is 6.16. The van der Waals surface area contributed by atoms with E-state index in [1.807, 2.05) is 0 Å². The minimum Gasteiger partial charge on any atom is -0.466 e. The lowest BCUT2D eigenvalue weighted by Gasteiger charge is -2.41. The molecule has 2 rings (SSSR count). The number of piperidine rings is 1. The second-order valence-corrected chi connectivity index (χ2v) is 6.16. The van der Waals surface area contributed by atoms with Crippen molar-refractivity contribution in [3.63, 3.8) is 0 Å². The zero-order chi connectivity index (χ0) is 17.6. The van der Waals surface area contributed by atoms with Gasteiger partial charge in [0.05, 0.1) is 12.0 Å². The summed E-state index contributed by atoms with van der Waals surface area (Å²) in [5, 5.41) is 0. The summed E-state index contributed by atoms with van der Waals surface area (Å²) in [6.45, 7) is 2.95. The van der Waals surface area contributed by atoms with Gasteiger partial charge < -0.3 is 14.4 Å². The van der Waals surface area contributed by atoms with Crippen LogP contribution >= 0.6 is 0 Å². The zero-order valence-corrected chi connectivity index (χ0v) is 14.2. The molecule has 1 fully saturated rings. The van der Waals surface area contributed by atoms with E-state index in [0.717, 1.165) is 12.0 Å². The van der Waals surface area contributed by atoms with Crippen molar-refractivity contribution in [3.8, 4) is 0 Å². The predicted molar refractivity (Wildman–Crippen MR) is 86.9 cm³/mol. The Hall–Kier alpha value is -1.95. The third-order valence-electron chi connectivity index (χ3n) is 4.36. The smallest absolute Gasteiger partial charge is 0.314 e. The van der Waals surface area contributed by atoms with Crippen molar-refractivity contribution < 1.29 is 23.5 Å². The molecule has 6 heteroatoms. The van der Waals surface area contributed by atoms with Crippen molar-refractivity contribution >= 4 is 11.9 Å². The number of amides is 1. The molecule has 0 spiro atoms. The van der Waals surface area contributed by atoms with Crippen LogP contribution in [0.3, 0.4) is 0 Å². The molecule has 1 aromatic rings. The van der Waals surface area contributed by atoms with Gasteiger partial charge in [0, 0.05) is 20.2 Å². The number of likely N-dealkylation sites (tertiary alicyclic amines) is 1. The number of ether oxygens (including phenoxy) is 2. The van der Waals surface area contributed by atoms with E-state index in [0.29, 0.717) is 25.9 Å². The van der Waals surface area contributed by atoms with Gasteiger partial charge in [0.1, 0.15) is 12.4 Å². The van der Waals surface area contributed by atoms with E-state index in [9.17, 15) is 14.0 Å². The van der Waals surface area contributed by atoms with Crippen molar-refractivity contribution in [1.82, 2.24) is 4.90 Å². The molecule has 0 unspecified atom stereocenters. The minimum absolute atomic E-state index is 0.00451. The standard InChI is InChI=1S/C18H24FNO4/c1-3-24-17(22)18(11-14-5-7-15(19)8-6-14)9-4-10-20(13-18)16(21)12-23-2/h5-8H,3-4,9-13H2,1-2H3/t18-/m1/s1. The molecule has 1 aliphatic heterocycles. The quantitative estimate of drug-likeness (QED) is 0.747. The lowest BCUT2D eigenvalue weighted by molar-refractivity contribution is -0.161. The van der Waals surface area contributed by atoms with Crippen LogP contribution < -0.4 is 0 Å². The maximum atomic E-state index is 13.1. The van der Waals surface area contributed by atoms with Crippen molar-refractivity contribution in [3.05, 3.63) is 35.6 Å². The van der Waals surface area contributed by atoms with Crippen LogP contribution in [0.15, 0.2) is 24.3 Å². The Kier molecular flexibility index (Phi) is 6.31. The molecular weight excluding hydrogens is 313 g/mol. The number of carbonyl (C=O) groups excluding carboxylic acids is 2. The zero-order valence-electron chi connectivity index (χ0n) is 14.2. The van der Waals surface area contributed by atoms with Crippen LogP contribution in [0, 0.1) is 11.2 Å². The van der Waals surface area contributed by atoms with Gasteiger partial charge in [-0.25, -0.2) is 4.39 Å². The molecule has 1 aromatic carbocycles. The molecule has 5 nitrogen and oxygen atoms in total.